The fraction of sp³-hybridized carbons (Fsp3) is 0.500. The van der Waals surface area contributed by atoms with Crippen molar-refractivity contribution in [2.75, 3.05) is 19.0 Å². The summed E-state index contributed by atoms with van der Waals surface area (Å²) in [6, 6.07) is 0. The number of hydrogen-bond acceptors (Lipinski definition) is 6. The molecule has 0 aliphatic heterocycles. The molecule has 0 bridgehead atoms. The average Bonchev–Trinajstić information content (AvgIpc) is 2.12. The van der Waals surface area contributed by atoms with Crippen LogP contribution in [0.3, 0.4) is 0 Å². The van der Waals surface area contributed by atoms with E-state index in [1.54, 1.807) is 6.92 Å². The molecule has 2 N–H and O–H groups in total. The third-order valence-corrected chi connectivity index (χ3v) is 1.53. The van der Waals surface area contributed by atoms with E-state index in [0.717, 1.165) is 11.9 Å². The van der Waals surface area contributed by atoms with Gasteiger partial charge in [0.1, 0.15) is 19.0 Å². The third kappa shape index (κ3) is 6.50. The zero-order valence-electron chi connectivity index (χ0n) is 7.95. The van der Waals surface area contributed by atoms with Gasteiger partial charge in [0.2, 0.25) is 0 Å². The van der Waals surface area contributed by atoms with Crippen LogP contribution >= 0.6 is 11.9 Å². The third-order valence-electron chi connectivity index (χ3n) is 1.13. The summed E-state index contributed by atoms with van der Waals surface area (Å²) < 4.78 is 9.34. The van der Waals surface area contributed by atoms with Crippen LogP contribution in [-0.4, -0.2) is 30.9 Å². The van der Waals surface area contributed by atoms with E-state index in [-0.39, 0.29) is 19.0 Å². The van der Waals surface area contributed by atoms with Crippen molar-refractivity contribution in [1.82, 2.24) is 0 Å². The second kappa shape index (κ2) is 7.40. The number of ether oxygens (including phenoxy) is 2. The van der Waals surface area contributed by atoms with Crippen molar-refractivity contribution in [3.63, 3.8) is 0 Å². The number of carbonyl (C=O) groups is 2. The molecule has 0 fully saturated rings. The van der Waals surface area contributed by atoms with Gasteiger partial charge in [-0.05, 0) is 6.92 Å². The van der Waals surface area contributed by atoms with Gasteiger partial charge in [0.15, 0.2) is 0 Å². The minimum absolute atomic E-state index is 0.0344. The molecule has 5 nitrogen and oxygen atoms in total. The smallest absolute Gasteiger partial charge is 0.333 e. The van der Waals surface area contributed by atoms with Gasteiger partial charge in [-0.3, -0.25) is 9.93 Å². The van der Waals surface area contributed by atoms with Crippen molar-refractivity contribution in [2.45, 2.75) is 6.92 Å². The first-order valence-electron chi connectivity index (χ1n) is 3.88. The van der Waals surface area contributed by atoms with Crippen molar-refractivity contribution < 1.29 is 19.1 Å². The second-order valence-corrected chi connectivity index (χ2v) is 3.07. The molecule has 0 aliphatic carbocycles. The van der Waals surface area contributed by atoms with Crippen LogP contribution in [0.1, 0.15) is 6.92 Å². The maximum atomic E-state index is 10.8. The Kier molecular flexibility index (Phi) is 6.87. The Morgan fingerprint density at radius 2 is 1.93 bits per heavy atom. The summed E-state index contributed by atoms with van der Waals surface area (Å²) in [7, 11) is 0. The fourth-order valence-corrected chi connectivity index (χ4v) is 0.742. The van der Waals surface area contributed by atoms with Crippen LogP contribution in [0.25, 0.3) is 0 Å². The highest BCUT2D eigenvalue weighted by atomic mass is 32.2. The minimum atomic E-state index is -0.491. The van der Waals surface area contributed by atoms with Crippen molar-refractivity contribution in [3.05, 3.63) is 12.2 Å². The topological polar surface area (TPSA) is 78.6 Å². The molecule has 0 radical (unpaired) electrons. The van der Waals surface area contributed by atoms with Crippen LogP contribution in [-0.2, 0) is 19.1 Å². The lowest BCUT2D eigenvalue weighted by Crippen LogP contribution is -2.15. The van der Waals surface area contributed by atoms with Crippen LogP contribution < -0.4 is 5.14 Å². The number of hydrogen-bond donors (Lipinski definition) is 1. The molecular weight excluding hydrogens is 206 g/mol. The molecule has 0 spiro atoms. The Morgan fingerprint density at radius 3 is 2.43 bits per heavy atom. The van der Waals surface area contributed by atoms with Crippen molar-refractivity contribution >= 4 is 23.9 Å². The SMILES string of the molecule is C=C(C)C(=O)OCCOC(=O)CSN. The largest absolute Gasteiger partial charge is 0.461 e. The number of rotatable bonds is 6. The standard InChI is InChI=1S/C8H13NO4S/c1-6(2)8(11)13-4-3-12-7(10)5-14-9/h1,3-5,9H2,2H3. The zero-order valence-corrected chi connectivity index (χ0v) is 8.76. The predicted molar refractivity (Wildman–Crippen MR) is 53.4 cm³/mol. The van der Waals surface area contributed by atoms with Gasteiger partial charge < -0.3 is 9.47 Å². The number of carbonyl (C=O) groups excluding carboxylic acids is 2. The van der Waals surface area contributed by atoms with Gasteiger partial charge in [-0.1, -0.05) is 18.5 Å². The minimum Gasteiger partial charge on any atom is -0.461 e. The average molecular weight is 219 g/mol. The maximum absolute atomic E-state index is 10.8. The lowest BCUT2D eigenvalue weighted by Gasteiger charge is -2.04. The van der Waals surface area contributed by atoms with Gasteiger partial charge in [0.25, 0.3) is 0 Å². The number of esters is 2. The Morgan fingerprint density at radius 1 is 1.36 bits per heavy atom. The lowest BCUT2D eigenvalue weighted by atomic mass is 10.4. The summed E-state index contributed by atoms with van der Waals surface area (Å²) in [6.45, 7) is 5.01. The van der Waals surface area contributed by atoms with E-state index in [2.05, 4.69) is 16.1 Å². The van der Waals surface area contributed by atoms with E-state index in [4.69, 9.17) is 5.14 Å². The van der Waals surface area contributed by atoms with Gasteiger partial charge in [-0.25, -0.2) is 4.79 Å². The molecule has 6 heteroatoms. The molecule has 14 heavy (non-hydrogen) atoms. The Balaban J connectivity index is 3.42. The first kappa shape index (κ1) is 13.0. The summed E-state index contributed by atoms with van der Waals surface area (Å²) >= 11 is 0.883. The van der Waals surface area contributed by atoms with Crippen LogP contribution in [0, 0.1) is 0 Å². The summed E-state index contributed by atoms with van der Waals surface area (Å²) in [5.41, 5.74) is 0.314. The summed E-state index contributed by atoms with van der Waals surface area (Å²) in [5, 5.41) is 5.04. The Bertz CT molecular complexity index is 229. The molecule has 0 saturated heterocycles. The predicted octanol–water partition coefficient (Wildman–Crippen LogP) is 0.256. The molecule has 0 atom stereocenters. The molecule has 80 valence electrons. The van der Waals surface area contributed by atoms with Crippen LogP contribution in [0.5, 0.6) is 0 Å². The normalized spacial score (nSPS) is 9.29. The molecule has 0 aromatic rings. The Hall–Kier alpha value is -1.01. The quantitative estimate of drug-likeness (QED) is 0.299. The van der Waals surface area contributed by atoms with Crippen LogP contribution in [0.15, 0.2) is 12.2 Å². The molecule has 0 saturated carbocycles. The summed E-state index contributed by atoms with van der Waals surface area (Å²) in [4.78, 5) is 21.6. The van der Waals surface area contributed by atoms with E-state index in [9.17, 15) is 9.59 Å². The monoisotopic (exact) mass is 219 g/mol. The fourth-order valence-electron chi connectivity index (χ4n) is 0.523. The zero-order chi connectivity index (χ0) is 11.0. The molecule has 0 aromatic heterocycles. The second-order valence-electron chi connectivity index (χ2n) is 2.45. The molecule has 0 aliphatic rings. The highest BCUT2D eigenvalue weighted by Crippen LogP contribution is 1.93. The summed E-state index contributed by atoms with van der Waals surface area (Å²) in [5.74, 6) is -0.827. The van der Waals surface area contributed by atoms with Gasteiger partial charge in [-0.2, -0.15) is 0 Å². The number of nitrogens with two attached hydrogens (primary N) is 1. The van der Waals surface area contributed by atoms with Gasteiger partial charge in [0, 0.05) is 5.57 Å². The first-order valence-corrected chi connectivity index (χ1v) is 4.92. The van der Waals surface area contributed by atoms with Crippen molar-refractivity contribution in [2.24, 2.45) is 5.14 Å². The van der Waals surface area contributed by atoms with Crippen LogP contribution in [0.4, 0.5) is 0 Å². The molecule has 0 amide bonds. The van der Waals surface area contributed by atoms with E-state index in [0.29, 0.717) is 5.57 Å². The maximum Gasteiger partial charge on any atom is 0.333 e. The van der Waals surface area contributed by atoms with Gasteiger partial charge >= 0.3 is 11.9 Å². The highest BCUT2D eigenvalue weighted by molar-refractivity contribution is 7.97. The van der Waals surface area contributed by atoms with E-state index in [1.165, 1.54) is 0 Å². The van der Waals surface area contributed by atoms with Crippen LogP contribution in [0.2, 0.25) is 0 Å². The van der Waals surface area contributed by atoms with Crippen molar-refractivity contribution in [1.29, 1.82) is 0 Å². The molecule has 0 unspecified atom stereocenters. The van der Waals surface area contributed by atoms with E-state index in [1.807, 2.05) is 0 Å². The van der Waals surface area contributed by atoms with E-state index < -0.39 is 11.9 Å². The lowest BCUT2D eigenvalue weighted by molar-refractivity contribution is -0.148. The molecule has 0 heterocycles. The summed E-state index contributed by atoms with van der Waals surface area (Å²) in [6.07, 6.45) is 0. The molecule has 0 rings (SSSR count). The first-order chi connectivity index (χ1) is 6.57. The van der Waals surface area contributed by atoms with Gasteiger partial charge in [0.05, 0.1) is 0 Å². The van der Waals surface area contributed by atoms with Crippen molar-refractivity contribution in [3.8, 4) is 0 Å². The molecule has 0 aromatic carbocycles. The molecular formula is C8H13NO4S. The van der Waals surface area contributed by atoms with E-state index >= 15 is 0 Å². The highest BCUT2D eigenvalue weighted by Gasteiger charge is 2.04. The Labute approximate surface area is 86.8 Å². The van der Waals surface area contributed by atoms with Gasteiger partial charge in [-0.15, -0.1) is 0 Å².